The number of hydrogen-bond donors (Lipinski definition) is 1. The van der Waals surface area contributed by atoms with Gasteiger partial charge in [-0.15, -0.1) is 10.2 Å². The van der Waals surface area contributed by atoms with Crippen molar-refractivity contribution in [2.24, 2.45) is 0 Å². The first kappa shape index (κ1) is 21.1. The van der Waals surface area contributed by atoms with Crippen molar-refractivity contribution < 1.29 is 19.2 Å². The predicted molar refractivity (Wildman–Crippen MR) is 113 cm³/mol. The van der Waals surface area contributed by atoms with Crippen LogP contribution in [0.5, 0.6) is 11.5 Å². The number of nitrogens with one attached hydrogen (secondary N) is 1. The molecule has 9 nitrogen and oxygen atoms in total. The molecule has 0 saturated carbocycles. The van der Waals surface area contributed by atoms with Gasteiger partial charge in [-0.05, 0) is 36.4 Å². The Labute approximate surface area is 176 Å². The quantitative estimate of drug-likeness (QED) is 0.328. The van der Waals surface area contributed by atoms with Gasteiger partial charge in [-0.1, -0.05) is 11.8 Å². The third-order valence-corrected chi connectivity index (χ3v) is 4.95. The van der Waals surface area contributed by atoms with Crippen LogP contribution >= 0.6 is 11.8 Å². The highest BCUT2D eigenvalue weighted by atomic mass is 32.2. The van der Waals surface area contributed by atoms with E-state index in [1.807, 2.05) is 0 Å². The Hall–Kier alpha value is -3.66. The van der Waals surface area contributed by atoms with Crippen molar-refractivity contribution in [1.29, 1.82) is 0 Å². The number of anilines is 1. The van der Waals surface area contributed by atoms with Gasteiger partial charge in [0.15, 0.2) is 11.5 Å². The van der Waals surface area contributed by atoms with Crippen molar-refractivity contribution in [2.75, 3.05) is 25.3 Å². The molecule has 1 aromatic heterocycles. The number of aromatic nitrogens is 2. The summed E-state index contributed by atoms with van der Waals surface area (Å²) in [5.41, 5.74) is 1.91. The molecular formula is C20H18N4O5S. The minimum atomic E-state index is -0.456. The second-order valence-corrected chi connectivity index (χ2v) is 6.96. The van der Waals surface area contributed by atoms with Crippen LogP contribution in [-0.4, -0.2) is 41.0 Å². The lowest BCUT2D eigenvalue weighted by Gasteiger charge is -2.10. The summed E-state index contributed by atoms with van der Waals surface area (Å²) in [5.74, 6) is 1.05. The van der Waals surface area contributed by atoms with Crippen LogP contribution in [0.3, 0.4) is 0 Å². The first-order chi connectivity index (χ1) is 14.5. The first-order valence-corrected chi connectivity index (χ1v) is 9.72. The third kappa shape index (κ3) is 5.23. The summed E-state index contributed by atoms with van der Waals surface area (Å²) in [4.78, 5) is 22.5. The number of rotatable bonds is 8. The van der Waals surface area contributed by atoms with Crippen molar-refractivity contribution in [1.82, 2.24) is 10.2 Å². The largest absolute Gasteiger partial charge is 0.493 e. The number of carbonyl (C=O) groups is 1. The average molecular weight is 426 g/mol. The summed E-state index contributed by atoms with van der Waals surface area (Å²) in [5, 5.41) is 22.3. The van der Waals surface area contributed by atoms with E-state index in [0.29, 0.717) is 27.9 Å². The van der Waals surface area contributed by atoms with Crippen molar-refractivity contribution in [3.8, 4) is 22.8 Å². The fourth-order valence-electron chi connectivity index (χ4n) is 2.56. The van der Waals surface area contributed by atoms with Crippen molar-refractivity contribution in [3.63, 3.8) is 0 Å². The number of nitro benzene ring substituents is 1. The normalized spacial score (nSPS) is 10.3. The number of hydrogen-bond acceptors (Lipinski definition) is 8. The van der Waals surface area contributed by atoms with Gasteiger partial charge < -0.3 is 14.8 Å². The molecule has 0 saturated heterocycles. The number of carbonyl (C=O) groups excluding carboxylic acids is 1. The van der Waals surface area contributed by atoms with Gasteiger partial charge in [0.25, 0.3) is 5.69 Å². The van der Waals surface area contributed by atoms with Crippen LogP contribution in [0.1, 0.15) is 0 Å². The van der Waals surface area contributed by atoms with Crippen LogP contribution in [0.15, 0.2) is 59.6 Å². The Balaban J connectivity index is 1.57. The number of thioether (sulfide) groups is 1. The van der Waals surface area contributed by atoms with Crippen LogP contribution < -0.4 is 14.8 Å². The van der Waals surface area contributed by atoms with Crippen LogP contribution in [0.4, 0.5) is 11.4 Å². The van der Waals surface area contributed by atoms with Crippen molar-refractivity contribution in [3.05, 3.63) is 64.7 Å². The minimum Gasteiger partial charge on any atom is -0.493 e. The number of nitro groups is 1. The summed E-state index contributed by atoms with van der Waals surface area (Å²) < 4.78 is 10.4. The van der Waals surface area contributed by atoms with Crippen molar-refractivity contribution in [2.45, 2.75) is 5.03 Å². The van der Waals surface area contributed by atoms with Gasteiger partial charge in [0.1, 0.15) is 5.03 Å². The number of ether oxygens (including phenoxy) is 2. The molecule has 0 aliphatic carbocycles. The van der Waals surface area contributed by atoms with Crippen molar-refractivity contribution >= 4 is 29.0 Å². The van der Waals surface area contributed by atoms with Crippen LogP contribution in [0.2, 0.25) is 0 Å². The molecule has 154 valence electrons. The highest BCUT2D eigenvalue weighted by molar-refractivity contribution is 7.99. The molecule has 3 rings (SSSR count). The van der Waals surface area contributed by atoms with Gasteiger partial charge in [-0.3, -0.25) is 14.9 Å². The summed E-state index contributed by atoms with van der Waals surface area (Å²) in [6.07, 6.45) is 0. The molecule has 0 aliphatic heterocycles. The van der Waals surface area contributed by atoms with E-state index in [-0.39, 0.29) is 17.3 Å². The molecule has 0 spiro atoms. The Morgan fingerprint density at radius 2 is 1.77 bits per heavy atom. The van der Waals surface area contributed by atoms with E-state index in [2.05, 4.69) is 15.5 Å². The van der Waals surface area contributed by atoms with E-state index in [1.165, 1.54) is 31.0 Å². The maximum atomic E-state index is 12.2. The zero-order chi connectivity index (χ0) is 21.5. The van der Waals surface area contributed by atoms with E-state index in [0.717, 1.165) is 5.56 Å². The molecular weight excluding hydrogens is 408 g/mol. The van der Waals surface area contributed by atoms with Gasteiger partial charge in [0.2, 0.25) is 5.91 Å². The fraction of sp³-hybridized carbons (Fsp3) is 0.150. The maximum absolute atomic E-state index is 12.2. The molecule has 0 fully saturated rings. The standard InChI is InChI=1S/C20H18N4O5S/c1-28-17-9-5-14(11-18(17)29-2)21-19(25)12-30-20-10-8-16(22-23-20)13-3-6-15(7-4-13)24(26)27/h3-11H,12H2,1-2H3,(H,21,25). The van der Waals surface area contributed by atoms with E-state index in [1.54, 1.807) is 49.6 Å². The van der Waals surface area contributed by atoms with E-state index in [4.69, 9.17) is 9.47 Å². The molecule has 1 amide bonds. The number of methoxy groups -OCH3 is 2. The molecule has 1 N–H and O–H groups in total. The molecule has 3 aromatic rings. The summed E-state index contributed by atoms with van der Waals surface area (Å²) in [7, 11) is 3.07. The maximum Gasteiger partial charge on any atom is 0.269 e. The zero-order valence-electron chi connectivity index (χ0n) is 16.2. The second-order valence-electron chi connectivity index (χ2n) is 5.97. The Morgan fingerprint density at radius 1 is 1.03 bits per heavy atom. The zero-order valence-corrected chi connectivity index (χ0v) is 17.0. The molecule has 0 unspecified atom stereocenters. The van der Waals surface area contributed by atoms with Gasteiger partial charge in [-0.2, -0.15) is 0 Å². The lowest BCUT2D eigenvalue weighted by atomic mass is 10.1. The minimum absolute atomic E-state index is 0.0133. The molecule has 0 bridgehead atoms. The van der Waals surface area contributed by atoms with Crippen LogP contribution in [-0.2, 0) is 4.79 Å². The highest BCUT2D eigenvalue weighted by Gasteiger charge is 2.10. The highest BCUT2D eigenvalue weighted by Crippen LogP contribution is 2.30. The van der Waals surface area contributed by atoms with E-state index in [9.17, 15) is 14.9 Å². The second kappa shape index (κ2) is 9.70. The fourth-order valence-corrected chi connectivity index (χ4v) is 3.17. The first-order valence-electron chi connectivity index (χ1n) is 8.73. The summed E-state index contributed by atoms with van der Waals surface area (Å²) in [6.45, 7) is 0. The van der Waals surface area contributed by atoms with Gasteiger partial charge in [-0.25, -0.2) is 0 Å². The Kier molecular flexibility index (Phi) is 6.81. The summed E-state index contributed by atoms with van der Waals surface area (Å²) >= 11 is 1.24. The lowest BCUT2D eigenvalue weighted by molar-refractivity contribution is -0.384. The third-order valence-electron chi connectivity index (χ3n) is 4.03. The van der Waals surface area contributed by atoms with Crippen LogP contribution in [0, 0.1) is 10.1 Å². The average Bonchev–Trinajstić information content (AvgIpc) is 2.78. The Morgan fingerprint density at radius 3 is 2.37 bits per heavy atom. The topological polar surface area (TPSA) is 116 Å². The lowest BCUT2D eigenvalue weighted by Crippen LogP contribution is -2.14. The molecule has 0 atom stereocenters. The van der Waals surface area contributed by atoms with Gasteiger partial charge >= 0.3 is 0 Å². The molecule has 0 aliphatic rings. The van der Waals surface area contributed by atoms with Gasteiger partial charge in [0.05, 0.1) is 30.6 Å². The smallest absolute Gasteiger partial charge is 0.269 e. The SMILES string of the molecule is COc1ccc(NC(=O)CSc2ccc(-c3ccc([N+](=O)[O-])cc3)nn2)cc1OC. The number of nitrogens with zero attached hydrogens (tertiary/aromatic N) is 3. The van der Waals surface area contributed by atoms with Crippen LogP contribution in [0.25, 0.3) is 11.3 Å². The summed E-state index contributed by atoms with van der Waals surface area (Å²) in [6, 6.07) is 14.7. The molecule has 1 heterocycles. The molecule has 10 heteroatoms. The Bertz CT molecular complexity index is 1040. The van der Waals surface area contributed by atoms with E-state index < -0.39 is 4.92 Å². The molecule has 2 aromatic carbocycles. The van der Waals surface area contributed by atoms with Gasteiger partial charge in [0, 0.05) is 29.4 Å². The number of benzene rings is 2. The van der Waals surface area contributed by atoms with E-state index >= 15 is 0 Å². The predicted octanol–water partition coefficient (Wildman–Crippen LogP) is 3.80. The monoisotopic (exact) mass is 426 g/mol. The number of amides is 1. The molecule has 0 radical (unpaired) electrons. The molecule has 30 heavy (non-hydrogen) atoms. The number of non-ortho nitro benzene ring substituents is 1.